The molecule has 6 nitrogen and oxygen atoms in total. The molecule has 3 aromatic rings. The zero-order valence-corrected chi connectivity index (χ0v) is 20.0. The zero-order valence-electron chi connectivity index (χ0n) is 20.0. The van der Waals surface area contributed by atoms with Crippen molar-refractivity contribution >= 4 is 34.4 Å². The number of ether oxygens (including phenoxy) is 1. The van der Waals surface area contributed by atoms with Crippen molar-refractivity contribution in [3.05, 3.63) is 89.6 Å². The summed E-state index contributed by atoms with van der Waals surface area (Å²) in [6.45, 7) is 8.04. The average molecular weight is 456 g/mol. The monoisotopic (exact) mass is 455 g/mol. The number of amides is 2. The predicted molar refractivity (Wildman–Crippen MR) is 137 cm³/mol. The van der Waals surface area contributed by atoms with Gasteiger partial charge in [-0.1, -0.05) is 29.8 Å². The maximum Gasteiger partial charge on any atom is 0.282 e. The molecule has 1 aliphatic heterocycles. The van der Waals surface area contributed by atoms with E-state index in [1.54, 1.807) is 31.4 Å². The van der Waals surface area contributed by atoms with E-state index < -0.39 is 5.91 Å². The lowest BCUT2D eigenvalue weighted by atomic mass is 10.0. The van der Waals surface area contributed by atoms with Crippen LogP contribution in [0.5, 0.6) is 5.75 Å². The van der Waals surface area contributed by atoms with Gasteiger partial charge in [-0.05, 0) is 74.9 Å². The molecule has 6 heteroatoms. The van der Waals surface area contributed by atoms with Crippen LogP contribution in [0.2, 0.25) is 0 Å². The standard InChI is InChI=1S/C28H29N3O3/c1-5-30(6-2)22-13-11-21(12-14-22)29-26-25(20-9-7-19(3)8-10-20)27(32)31(28(26)33)23-15-17-24(34-4)18-16-23/h7-18,29H,5-6H2,1-4H3. The number of rotatable bonds is 8. The summed E-state index contributed by atoms with van der Waals surface area (Å²) in [5.41, 5.74) is 4.74. The first-order valence-electron chi connectivity index (χ1n) is 11.4. The predicted octanol–water partition coefficient (Wildman–Crippen LogP) is 5.25. The topological polar surface area (TPSA) is 61.9 Å². The zero-order chi connectivity index (χ0) is 24.2. The molecule has 34 heavy (non-hydrogen) atoms. The molecule has 0 radical (unpaired) electrons. The van der Waals surface area contributed by atoms with E-state index in [0.29, 0.717) is 22.6 Å². The minimum atomic E-state index is -0.390. The van der Waals surface area contributed by atoms with Crippen LogP contribution in [0.15, 0.2) is 78.5 Å². The molecule has 174 valence electrons. The molecule has 0 fully saturated rings. The Labute approximate surface area is 200 Å². The molecule has 0 saturated heterocycles. The third kappa shape index (κ3) is 4.39. The van der Waals surface area contributed by atoms with Crippen molar-refractivity contribution in [3.63, 3.8) is 0 Å². The van der Waals surface area contributed by atoms with Gasteiger partial charge in [0.1, 0.15) is 11.4 Å². The molecule has 0 aromatic heterocycles. The summed E-state index contributed by atoms with van der Waals surface area (Å²) in [4.78, 5) is 30.5. The van der Waals surface area contributed by atoms with E-state index in [1.807, 2.05) is 55.5 Å². The number of hydrogen-bond acceptors (Lipinski definition) is 5. The molecule has 0 unspecified atom stereocenters. The number of methoxy groups -OCH3 is 1. The van der Waals surface area contributed by atoms with E-state index in [1.165, 1.54) is 4.90 Å². The Hall–Kier alpha value is -4.06. The highest BCUT2D eigenvalue weighted by Gasteiger charge is 2.40. The molecule has 1 N–H and O–H groups in total. The third-order valence-electron chi connectivity index (χ3n) is 6.02. The van der Waals surface area contributed by atoms with E-state index in [9.17, 15) is 9.59 Å². The largest absolute Gasteiger partial charge is 0.497 e. The van der Waals surface area contributed by atoms with Crippen molar-refractivity contribution in [1.82, 2.24) is 0 Å². The molecule has 1 heterocycles. The fourth-order valence-corrected chi connectivity index (χ4v) is 4.09. The number of hydrogen-bond donors (Lipinski definition) is 1. The summed E-state index contributed by atoms with van der Waals surface area (Å²) in [6.07, 6.45) is 0. The highest BCUT2D eigenvalue weighted by atomic mass is 16.5. The van der Waals surface area contributed by atoms with Crippen LogP contribution < -0.4 is 19.9 Å². The van der Waals surface area contributed by atoms with Crippen molar-refractivity contribution in [3.8, 4) is 5.75 Å². The normalized spacial score (nSPS) is 13.5. The van der Waals surface area contributed by atoms with Crippen LogP contribution >= 0.6 is 0 Å². The Bertz CT molecular complexity index is 1210. The van der Waals surface area contributed by atoms with Crippen molar-refractivity contribution in [1.29, 1.82) is 0 Å². The molecular weight excluding hydrogens is 426 g/mol. The van der Waals surface area contributed by atoms with Crippen LogP contribution in [0, 0.1) is 6.92 Å². The van der Waals surface area contributed by atoms with Gasteiger partial charge in [0.15, 0.2) is 0 Å². The second-order valence-electron chi connectivity index (χ2n) is 8.10. The Kier molecular flexibility index (Phi) is 6.68. The fraction of sp³-hybridized carbons (Fsp3) is 0.214. The second kappa shape index (κ2) is 9.83. The van der Waals surface area contributed by atoms with Gasteiger partial charge in [0, 0.05) is 24.5 Å². The van der Waals surface area contributed by atoms with Crippen LogP contribution in [-0.2, 0) is 9.59 Å². The van der Waals surface area contributed by atoms with Crippen LogP contribution in [0.4, 0.5) is 17.1 Å². The van der Waals surface area contributed by atoms with Crippen LogP contribution in [0.3, 0.4) is 0 Å². The van der Waals surface area contributed by atoms with Gasteiger partial charge >= 0.3 is 0 Å². The lowest BCUT2D eigenvalue weighted by Gasteiger charge is -2.21. The molecular formula is C28H29N3O3. The Morgan fingerprint density at radius 3 is 2.00 bits per heavy atom. The third-order valence-corrected chi connectivity index (χ3v) is 6.02. The smallest absolute Gasteiger partial charge is 0.282 e. The minimum absolute atomic E-state index is 0.264. The minimum Gasteiger partial charge on any atom is -0.497 e. The molecule has 0 aliphatic carbocycles. The quantitative estimate of drug-likeness (QED) is 0.470. The maximum atomic E-state index is 13.5. The highest BCUT2D eigenvalue weighted by molar-refractivity contribution is 6.46. The molecule has 0 bridgehead atoms. The Balaban J connectivity index is 1.72. The molecule has 1 aliphatic rings. The summed E-state index contributed by atoms with van der Waals surface area (Å²) in [5.74, 6) is -0.0963. The highest BCUT2D eigenvalue weighted by Crippen LogP contribution is 2.34. The first kappa shape index (κ1) is 23.1. The molecule has 4 rings (SSSR count). The summed E-state index contributed by atoms with van der Waals surface area (Å²) in [5, 5.41) is 3.23. The van der Waals surface area contributed by atoms with Gasteiger partial charge in [0.25, 0.3) is 11.8 Å². The van der Waals surface area contributed by atoms with Crippen molar-refractivity contribution < 1.29 is 14.3 Å². The van der Waals surface area contributed by atoms with Crippen LogP contribution in [0.1, 0.15) is 25.0 Å². The SMILES string of the molecule is CCN(CC)c1ccc(NC2=C(c3ccc(C)cc3)C(=O)N(c3ccc(OC)cc3)C2=O)cc1. The second-order valence-corrected chi connectivity index (χ2v) is 8.10. The van der Waals surface area contributed by atoms with E-state index in [4.69, 9.17) is 4.74 Å². The number of anilines is 3. The number of carbonyl (C=O) groups excluding carboxylic acids is 2. The van der Waals surface area contributed by atoms with E-state index in [2.05, 4.69) is 24.1 Å². The van der Waals surface area contributed by atoms with E-state index in [0.717, 1.165) is 30.0 Å². The summed E-state index contributed by atoms with van der Waals surface area (Å²) in [7, 11) is 1.58. The van der Waals surface area contributed by atoms with Gasteiger partial charge < -0.3 is 15.0 Å². The molecule has 2 amide bonds. The lowest BCUT2D eigenvalue weighted by Crippen LogP contribution is -2.32. The van der Waals surface area contributed by atoms with E-state index >= 15 is 0 Å². The fourth-order valence-electron chi connectivity index (χ4n) is 4.09. The molecule has 0 atom stereocenters. The number of carbonyl (C=O) groups is 2. The number of aryl methyl sites for hydroxylation is 1. The van der Waals surface area contributed by atoms with Gasteiger partial charge in [-0.15, -0.1) is 0 Å². The van der Waals surface area contributed by atoms with Gasteiger partial charge in [0.05, 0.1) is 18.4 Å². The Morgan fingerprint density at radius 2 is 1.44 bits per heavy atom. The van der Waals surface area contributed by atoms with Gasteiger partial charge in [0.2, 0.25) is 0 Å². The van der Waals surface area contributed by atoms with Gasteiger partial charge in [-0.25, -0.2) is 4.90 Å². The van der Waals surface area contributed by atoms with Crippen molar-refractivity contribution in [2.45, 2.75) is 20.8 Å². The summed E-state index contributed by atoms with van der Waals surface area (Å²) in [6, 6.07) is 22.4. The maximum absolute atomic E-state index is 13.5. The molecule has 0 spiro atoms. The Morgan fingerprint density at radius 1 is 0.824 bits per heavy atom. The van der Waals surface area contributed by atoms with Gasteiger partial charge in [-0.3, -0.25) is 9.59 Å². The number of imide groups is 1. The van der Waals surface area contributed by atoms with Crippen molar-refractivity contribution in [2.75, 3.05) is 35.3 Å². The average Bonchev–Trinajstić information content (AvgIpc) is 3.10. The summed E-state index contributed by atoms with van der Waals surface area (Å²) >= 11 is 0. The molecule has 3 aromatic carbocycles. The number of nitrogens with one attached hydrogen (secondary N) is 1. The first-order valence-corrected chi connectivity index (χ1v) is 11.4. The van der Waals surface area contributed by atoms with Crippen molar-refractivity contribution in [2.24, 2.45) is 0 Å². The summed E-state index contributed by atoms with van der Waals surface area (Å²) < 4.78 is 5.22. The number of benzene rings is 3. The van der Waals surface area contributed by atoms with Crippen LogP contribution in [0.25, 0.3) is 5.57 Å². The number of nitrogens with zero attached hydrogens (tertiary/aromatic N) is 2. The molecule has 0 saturated carbocycles. The van der Waals surface area contributed by atoms with E-state index in [-0.39, 0.29) is 11.6 Å². The lowest BCUT2D eigenvalue weighted by molar-refractivity contribution is -0.120. The van der Waals surface area contributed by atoms with Gasteiger partial charge in [-0.2, -0.15) is 0 Å². The van der Waals surface area contributed by atoms with Crippen LogP contribution in [-0.4, -0.2) is 32.0 Å². The first-order chi connectivity index (χ1) is 16.5.